The standard InChI is InChI=1S/C26H24N2O5S2/c1-3-33-25(30)17-28-22-14-13-21(35(2,31)32)16-23(22)34-26(28)27-24(29)15-18-9-11-20(12-10-18)19-7-5-4-6-8-19/h4-14,16H,3,15,17H2,1-2H3. The highest BCUT2D eigenvalue weighted by molar-refractivity contribution is 7.90. The van der Waals surface area contributed by atoms with Crippen molar-refractivity contribution in [1.82, 2.24) is 4.57 Å². The van der Waals surface area contributed by atoms with Crippen LogP contribution < -0.4 is 4.80 Å². The van der Waals surface area contributed by atoms with Gasteiger partial charge in [-0.15, -0.1) is 0 Å². The number of rotatable bonds is 7. The van der Waals surface area contributed by atoms with Crippen LogP contribution in [0, 0.1) is 0 Å². The molecule has 0 aliphatic rings. The number of fused-ring (bicyclic) bond motifs is 1. The number of sulfone groups is 1. The maximum absolute atomic E-state index is 12.8. The van der Waals surface area contributed by atoms with Gasteiger partial charge >= 0.3 is 5.97 Å². The van der Waals surface area contributed by atoms with Gasteiger partial charge in [0, 0.05) is 6.26 Å². The predicted octanol–water partition coefficient (Wildman–Crippen LogP) is 4.01. The summed E-state index contributed by atoms with van der Waals surface area (Å²) in [6.07, 6.45) is 1.23. The third kappa shape index (κ3) is 5.93. The average molecular weight is 509 g/mol. The second kappa shape index (κ2) is 10.4. The van der Waals surface area contributed by atoms with Crippen LogP contribution in [0.1, 0.15) is 12.5 Å². The zero-order chi connectivity index (χ0) is 25.0. The predicted molar refractivity (Wildman–Crippen MR) is 136 cm³/mol. The van der Waals surface area contributed by atoms with Gasteiger partial charge in [0.15, 0.2) is 14.6 Å². The Hall–Kier alpha value is -3.56. The van der Waals surface area contributed by atoms with Gasteiger partial charge in [-0.05, 0) is 41.8 Å². The number of nitrogens with zero attached hydrogens (tertiary/aromatic N) is 2. The summed E-state index contributed by atoms with van der Waals surface area (Å²) in [5.74, 6) is -0.838. The van der Waals surface area contributed by atoms with Crippen LogP contribution in [0.5, 0.6) is 0 Å². The molecule has 0 spiro atoms. The Kier molecular flexibility index (Phi) is 7.28. The first kappa shape index (κ1) is 24.6. The Labute approximate surface area is 207 Å². The lowest BCUT2D eigenvalue weighted by atomic mass is 10.0. The number of carbonyl (C=O) groups is 2. The smallest absolute Gasteiger partial charge is 0.326 e. The van der Waals surface area contributed by atoms with E-state index in [0.717, 1.165) is 34.3 Å². The van der Waals surface area contributed by atoms with Crippen molar-refractivity contribution in [3.63, 3.8) is 0 Å². The molecule has 4 aromatic rings. The van der Waals surface area contributed by atoms with Crippen molar-refractivity contribution in [2.75, 3.05) is 12.9 Å². The normalized spacial score (nSPS) is 12.1. The van der Waals surface area contributed by atoms with Gasteiger partial charge in [-0.3, -0.25) is 9.59 Å². The minimum atomic E-state index is -3.41. The van der Waals surface area contributed by atoms with Crippen LogP contribution in [0.4, 0.5) is 0 Å². The second-order valence-corrected chi connectivity index (χ2v) is 10.9. The summed E-state index contributed by atoms with van der Waals surface area (Å²) in [6.45, 7) is 1.80. The Balaban J connectivity index is 1.66. The highest BCUT2D eigenvalue weighted by Gasteiger charge is 2.15. The Morgan fingerprint density at radius 1 is 0.971 bits per heavy atom. The van der Waals surface area contributed by atoms with E-state index in [9.17, 15) is 18.0 Å². The van der Waals surface area contributed by atoms with Crippen LogP contribution in [0.15, 0.2) is 82.7 Å². The molecule has 0 bridgehead atoms. The average Bonchev–Trinajstić information content (AvgIpc) is 3.15. The van der Waals surface area contributed by atoms with Crippen molar-refractivity contribution in [2.45, 2.75) is 24.8 Å². The van der Waals surface area contributed by atoms with Gasteiger partial charge in [0.25, 0.3) is 5.91 Å². The fraction of sp³-hybridized carbons (Fsp3) is 0.192. The van der Waals surface area contributed by atoms with Gasteiger partial charge in [-0.25, -0.2) is 8.42 Å². The quantitative estimate of drug-likeness (QED) is 0.352. The van der Waals surface area contributed by atoms with Crippen molar-refractivity contribution in [3.8, 4) is 11.1 Å². The molecule has 0 aliphatic carbocycles. The first-order valence-corrected chi connectivity index (χ1v) is 13.7. The molecule has 1 heterocycles. The molecular formula is C26H24N2O5S2. The maximum Gasteiger partial charge on any atom is 0.326 e. The molecular weight excluding hydrogens is 484 g/mol. The number of carbonyl (C=O) groups excluding carboxylic acids is 2. The zero-order valence-electron chi connectivity index (χ0n) is 19.3. The number of amides is 1. The van der Waals surface area contributed by atoms with E-state index in [-0.39, 0.29) is 30.4 Å². The first-order chi connectivity index (χ1) is 16.7. The number of hydrogen-bond donors (Lipinski definition) is 0. The Bertz CT molecular complexity index is 1550. The van der Waals surface area contributed by atoms with E-state index in [1.807, 2.05) is 54.6 Å². The Morgan fingerprint density at radius 2 is 1.66 bits per heavy atom. The molecule has 9 heteroatoms. The lowest BCUT2D eigenvalue weighted by Gasteiger charge is -2.06. The summed E-state index contributed by atoms with van der Waals surface area (Å²) < 4.78 is 31.2. The summed E-state index contributed by atoms with van der Waals surface area (Å²) >= 11 is 1.16. The second-order valence-electron chi connectivity index (χ2n) is 7.92. The van der Waals surface area contributed by atoms with Gasteiger partial charge in [0.1, 0.15) is 6.54 Å². The number of hydrogen-bond acceptors (Lipinski definition) is 6. The third-order valence-electron chi connectivity index (χ3n) is 5.31. The molecule has 0 saturated heterocycles. The van der Waals surface area contributed by atoms with Gasteiger partial charge in [0.05, 0.1) is 28.1 Å². The highest BCUT2D eigenvalue weighted by Crippen LogP contribution is 2.22. The summed E-state index contributed by atoms with van der Waals surface area (Å²) in [5, 5.41) is 0. The van der Waals surface area contributed by atoms with Crippen LogP contribution in [-0.2, 0) is 37.1 Å². The molecule has 0 radical (unpaired) electrons. The van der Waals surface area contributed by atoms with Crippen molar-refractivity contribution < 1.29 is 22.7 Å². The minimum Gasteiger partial charge on any atom is -0.465 e. The molecule has 7 nitrogen and oxygen atoms in total. The van der Waals surface area contributed by atoms with E-state index in [2.05, 4.69) is 4.99 Å². The zero-order valence-corrected chi connectivity index (χ0v) is 20.9. The van der Waals surface area contributed by atoms with Crippen LogP contribution >= 0.6 is 11.3 Å². The summed E-state index contributed by atoms with van der Waals surface area (Å²) in [4.78, 5) is 29.7. The fourth-order valence-corrected chi connectivity index (χ4v) is 5.43. The summed E-state index contributed by atoms with van der Waals surface area (Å²) in [6, 6.07) is 22.3. The number of aromatic nitrogens is 1. The van der Waals surface area contributed by atoms with E-state index in [0.29, 0.717) is 15.0 Å². The van der Waals surface area contributed by atoms with Crippen LogP contribution in [0.25, 0.3) is 21.3 Å². The highest BCUT2D eigenvalue weighted by atomic mass is 32.2. The lowest BCUT2D eigenvalue weighted by Crippen LogP contribution is -2.23. The van der Waals surface area contributed by atoms with Gasteiger partial charge in [-0.2, -0.15) is 4.99 Å². The molecule has 0 fully saturated rings. The molecule has 180 valence electrons. The largest absolute Gasteiger partial charge is 0.465 e. The molecule has 35 heavy (non-hydrogen) atoms. The minimum absolute atomic E-state index is 0.0946. The van der Waals surface area contributed by atoms with Gasteiger partial charge < -0.3 is 9.30 Å². The van der Waals surface area contributed by atoms with E-state index >= 15 is 0 Å². The van der Waals surface area contributed by atoms with Crippen LogP contribution in [0.3, 0.4) is 0 Å². The van der Waals surface area contributed by atoms with E-state index < -0.39 is 15.8 Å². The molecule has 0 N–H and O–H groups in total. The molecule has 0 aliphatic heterocycles. The lowest BCUT2D eigenvalue weighted by molar-refractivity contribution is -0.143. The molecule has 0 unspecified atom stereocenters. The topological polar surface area (TPSA) is 94.8 Å². The van der Waals surface area contributed by atoms with Crippen molar-refractivity contribution >= 4 is 43.3 Å². The summed E-state index contributed by atoms with van der Waals surface area (Å²) in [5.41, 5.74) is 3.57. The molecule has 1 amide bonds. The van der Waals surface area contributed by atoms with Crippen molar-refractivity contribution in [3.05, 3.63) is 83.2 Å². The summed E-state index contributed by atoms with van der Waals surface area (Å²) in [7, 11) is -3.41. The van der Waals surface area contributed by atoms with Crippen molar-refractivity contribution in [1.29, 1.82) is 0 Å². The molecule has 0 atom stereocenters. The number of thiazole rings is 1. The molecule has 0 saturated carbocycles. The Morgan fingerprint density at radius 3 is 2.31 bits per heavy atom. The molecule has 1 aromatic heterocycles. The van der Waals surface area contributed by atoms with E-state index in [1.54, 1.807) is 17.6 Å². The molecule has 4 rings (SSSR count). The maximum atomic E-state index is 12.8. The first-order valence-electron chi connectivity index (χ1n) is 11.0. The van der Waals surface area contributed by atoms with Crippen molar-refractivity contribution in [2.24, 2.45) is 4.99 Å². The monoisotopic (exact) mass is 508 g/mol. The van der Waals surface area contributed by atoms with E-state index in [4.69, 9.17) is 4.74 Å². The van der Waals surface area contributed by atoms with Gasteiger partial charge in [-0.1, -0.05) is 65.9 Å². The fourth-order valence-electron chi connectivity index (χ4n) is 3.62. The van der Waals surface area contributed by atoms with Crippen LogP contribution in [-0.4, -0.2) is 37.7 Å². The number of ether oxygens (including phenoxy) is 1. The molecule has 3 aromatic carbocycles. The number of benzene rings is 3. The van der Waals surface area contributed by atoms with Crippen LogP contribution in [0.2, 0.25) is 0 Å². The number of esters is 1. The van der Waals surface area contributed by atoms with E-state index in [1.165, 1.54) is 12.1 Å². The SMILES string of the molecule is CCOC(=O)Cn1c(=NC(=O)Cc2ccc(-c3ccccc3)cc2)sc2cc(S(C)(=O)=O)ccc21. The van der Waals surface area contributed by atoms with Gasteiger partial charge in [0.2, 0.25) is 0 Å². The third-order valence-corrected chi connectivity index (χ3v) is 7.46.